The summed E-state index contributed by atoms with van der Waals surface area (Å²) in [5.41, 5.74) is 5.68. The van der Waals surface area contributed by atoms with Crippen LogP contribution in [0.2, 0.25) is 0 Å². The predicted molar refractivity (Wildman–Crippen MR) is 48.9 cm³/mol. The van der Waals surface area contributed by atoms with Crippen LogP contribution in [0.15, 0.2) is 12.4 Å². The lowest BCUT2D eigenvalue weighted by molar-refractivity contribution is 0.100. The number of aromatic nitrogens is 4. The van der Waals surface area contributed by atoms with Crippen LogP contribution in [-0.2, 0) is 0 Å². The van der Waals surface area contributed by atoms with Gasteiger partial charge in [-0.1, -0.05) is 0 Å². The quantitative estimate of drug-likeness (QED) is 0.651. The Morgan fingerprint density at radius 3 is 3.14 bits per heavy atom. The van der Waals surface area contributed by atoms with Gasteiger partial charge in [0.15, 0.2) is 5.78 Å². The van der Waals surface area contributed by atoms with E-state index in [-0.39, 0.29) is 12.3 Å². The van der Waals surface area contributed by atoms with E-state index in [0.29, 0.717) is 17.2 Å². The maximum atomic E-state index is 11.2. The second-order valence-corrected chi connectivity index (χ2v) is 2.87. The van der Waals surface area contributed by atoms with Crippen LogP contribution < -0.4 is 5.73 Å². The van der Waals surface area contributed by atoms with Gasteiger partial charge in [0.05, 0.1) is 12.1 Å². The van der Waals surface area contributed by atoms with Crippen LogP contribution in [0.25, 0.3) is 5.78 Å². The highest BCUT2D eigenvalue weighted by atomic mass is 16.1. The normalized spacial score (nSPS) is 10.7. The summed E-state index contributed by atoms with van der Waals surface area (Å²) in [5, 5.41) is 4.04. The summed E-state index contributed by atoms with van der Waals surface area (Å²) in [6.07, 6.45) is 3.04. The van der Waals surface area contributed by atoms with Gasteiger partial charge in [-0.25, -0.2) is 9.50 Å². The highest BCUT2D eigenvalue weighted by molar-refractivity contribution is 5.97. The maximum Gasteiger partial charge on any atom is 0.252 e. The molecule has 0 spiro atoms. The van der Waals surface area contributed by atoms with E-state index in [9.17, 15) is 4.79 Å². The van der Waals surface area contributed by atoms with Crippen molar-refractivity contribution >= 4 is 11.6 Å². The number of nitrogens with zero attached hydrogens (tertiary/aromatic N) is 4. The number of carbonyl (C=O) groups excluding carboxylic acids is 1. The fraction of sp³-hybridized carbons (Fsp3) is 0.250. The van der Waals surface area contributed by atoms with Crippen LogP contribution in [0.1, 0.15) is 16.2 Å². The van der Waals surface area contributed by atoms with Crippen LogP contribution in [-0.4, -0.2) is 31.9 Å². The first-order valence-electron chi connectivity index (χ1n) is 4.13. The number of ketones is 1. The summed E-state index contributed by atoms with van der Waals surface area (Å²) in [5.74, 6) is 0.943. The van der Waals surface area contributed by atoms with E-state index in [2.05, 4.69) is 15.1 Å². The molecule has 0 unspecified atom stereocenters. The Kier molecular flexibility index (Phi) is 1.97. The minimum absolute atomic E-state index is 0.0269. The molecule has 0 radical (unpaired) electrons. The highest BCUT2D eigenvalue weighted by Gasteiger charge is 2.06. The van der Waals surface area contributed by atoms with Crippen molar-refractivity contribution in [3.63, 3.8) is 0 Å². The van der Waals surface area contributed by atoms with E-state index in [1.54, 1.807) is 13.1 Å². The van der Waals surface area contributed by atoms with Crippen molar-refractivity contribution in [2.75, 3.05) is 6.54 Å². The molecule has 0 amide bonds. The zero-order chi connectivity index (χ0) is 10.1. The number of nitrogens with two attached hydrogens (primary N) is 1. The van der Waals surface area contributed by atoms with Crippen molar-refractivity contribution in [2.45, 2.75) is 6.92 Å². The third-order valence-corrected chi connectivity index (χ3v) is 1.81. The van der Waals surface area contributed by atoms with E-state index in [4.69, 9.17) is 5.73 Å². The molecular weight excluding hydrogens is 182 g/mol. The molecule has 2 aromatic heterocycles. The second kappa shape index (κ2) is 3.15. The van der Waals surface area contributed by atoms with Crippen molar-refractivity contribution in [3.05, 3.63) is 23.8 Å². The largest absolute Gasteiger partial charge is 0.324 e. The molecular formula is C8H9N5O. The van der Waals surface area contributed by atoms with Crippen molar-refractivity contribution in [3.8, 4) is 0 Å². The van der Waals surface area contributed by atoms with Gasteiger partial charge in [-0.2, -0.15) is 10.1 Å². The van der Waals surface area contributed by atoms with Crippen LogP contribution >= 0.6 is 0 Å². The number of aryl methyl sites for hydroxylation is 1. The fourth-order valence-electron chi connectivity index (χ4n) is 1.15. The van der Waals surface area contributed by atoms with Gasteiger partial charge in [0, 0.05) is 12.4 Å². The van der Waals surface area contributed by atoms with Gasteiger partial charge in [-0.3, -0.25) is 4.79 Å². The van der Waals surface area contributed by atoms with Gasteiger partial charge in [0.2, 0.25) is 0 Å². The molecule has 0 fully saturated rings. The van der Waals surface area contributed by atoms with Gasteiger partial charge in [0.1, 0.15) is 5.82 Å². The molecule has 0 aliphatic heterocycles. The topological polar surface area (TPSA) is 86.2 Å². The zero-order valence-electron chi connectivity index (χ0n) is 7.64. The molecule has 72 valence electrons. The predicted octanol–water partition coefficient (Wildman–Crippen LogP) is -0.426. The van der Waals surface area contributed by atoms with Gasteiger partial charge >= 0.3 is 0 Å². The van der Waals surface area contributed by atoms with E-state index >= 15 is 0 Å². The Morgan fingerprint density at radius 1 is 1.64 bits per heavy atom. The minimum Gasteiger partial charge on any atom is -0.324 e. The SMILES string of the molecule is Cc1nc2ncc(C(=O)CN)cn2n1. The third-order valence-electron chi connectivity index (χ3n) is 1.81. The number of hydrogen-bond donors (Lipinski definition) is 1. The number of hydrogen-bond acceptors (Lipinski definition) is 5. The molecule has 6 nitrogen and oxygen atoms in total. The number of Topliss-reactive ketones (excluding diaryl/α,β-unsaturated/α-hetero) is 1. The van der Waals surface area contributed by atoms with Crippen LogP contribution in [0.5, 0.6) is 0 Å². The zero-order valence-corrected chi connectivity index (χ0v) is 7.64. The minimum atomic E-state index is -0.160. The third kappa shape index (κ3) is 1.35. The average Bonchev–Trinajstić information content (AvgIpc) is 2.55. The Bertz CT molecular complexity index is 489. The molecule has 0 saturated heterocycles. The molecule has 14 heavy (non-hydrogen) atoms. The molecule has 2 aromatic rings. The lowest BCUT2D eigenvalue weighted by Crippen LogP contribution is -2.14. The summed E-state index contributed by atoms with van der Waals surface area (Å²) in [7, 11) is 0. The molecule has 0 aromatic carbocycles. The van der Waals surface area contributed by atoms with Crippen molar-refractivity contribution < 1.29 is 4.79 Å². The Morgan fingerprint density at radius 2 is 2.43 bits per heavy atom. The second-order valence-electron chi connectivity index (χ2n) is 2.87. The molecule has 6 heteroatoms. The molecule has 0 aliphatic carbocycles. The first-order valence-corrected chi connectivity index (χ1v) is 4.13. The van der Waals surface area contributed by atoms with Crippen LogP contribution in [0.3, 0.4) is 0 Å². The molecule has 2 rings (SSSR count). The molecule has 0 saturated carbocycles. The van der Waals surface area contributed by atoms with Crippen LogP contribution in [0, 0.1) is 6.92 Å². The van der Waals surface area contributed by atoms with Crippen molar-refractivity contribution in [1.82, 2.24) is 19.6 Å². The van der Waals surface area contributed by atoms with Crippen molar-refractivity contribution in [1.29, 1.82) is 0 Å². The lowest BCUT2D eigenvalue weighted by Gasteiger charge is -1.96. The van der Waals surface area contributed by atoms with E-state index in [1.165, 1.54) is 10.7 Å². The fourth-order valence-corrected chi connectivity index (χ4v) is 1.15. The summed E-state index contributed by atoms with van der Waals surface area (Å²) < 4.78 is 1.47. The number of carbonyl (C=O) groups is 1. The van der Waals surface area contributed by atoms with E-state index in [0.717, 1.165) is 0 Å². The monoisotopic (exact) mass is 191 g/mol. The van der Waals surface area contributed by atoms with Crippen molar-refractivity contribution in [2.24, 2.45) is 5.73 Å². The summed E-state index contributed by atoms with van der Waals surface area (Å²) in [6, 6.07) is 0. The standard InChI is InChI=1S/C8H9N5O/c1-5-11-8-10-3-6(7(14)2-9)4-13(8)12-5/h3-4H,2,9H2,1H3. The number of rotatable bonds is 2. The summed E-state index contributed by atoms with van der Waals surface area (Å²) >= 11 is 0. The molecule has 0 atom stereocenters. The van der Waals surface area contributed by atoms with Gasteiger partial charge < -0.3 is 5.73 Å². The van der Waals surface area contributed by atoms with Gasteiger partial charge in [-0.15, -0.1) is 0 Å². The van der Waals surface area contributed by atoms with Gasteiger partial charge in [0.25, 0.3) is 5.78 Å². The smallest absolute Gasteiger partial charge is 0.252 e. The molecule has 2 heterocycles. The molecule has 0 aliphatic rings. The average molecular weight is 191 g/mol. The molecule has 0 bridgehead atoms. The maximum absolute atomic E-state index is 11.2. The summed E-state index contributed by atoms with van der Waals surface area (Å²) in [6.45, 7) is 1.74. The van der Waals surface area contributed by atoms with Gasteiger partial charge in [-0.05, 0) is 6.92 Å². The van der Waals surface area contributed by atoms with E-state index < -0.39 is 0 Å². The highest BCUT2D eigenvalue weighted by Crippen LogP contribution is 2.01. The van der Waals surface area contributed by atoms with Crippen LogP contribution in [0.4, 0.5) is 0 Å². The Hall–Kier alpha value is -1.82. The first-order chi connectivity index (χ1) is 6.70. The number of fused-ring (bicyclic) bond motifs is 1. The molecule has 2 N–H and O–H groups in total. The Labute approximate surface area is 79.8 Å². The summed E-state index contributed by atoms with van der Waals surface area (Å²) in [4.78, 5) is 19.3. The lowest BCUT2D eigenvalue weighted by atomic mass is 10.2. The Balaban J connectivity index is 2.55. The first kappa shape index (κ1) is 8.76. The van der Waals surface area contributed by atoms with E-state index in [1.807, 2.05) is 0 Å².